The molecule has 0 bridgehead atoms. The van der Waals surface area contributed by atoms with Crippen molar-refractivity contribution in [2.24, 2.45) is 4.99 Å². The van der Waals surface area contributed by atoms with E-state index in [1.807, 2.05) is 48.5 Å². The lowest BCUT2D eigenvalue weighted by Gasteiger charge is -2.14. The summed E-state index contributed by atoms with van der Waals surface area (Å²) in [5.74, 6) is -0.583. The third-order valence-electron chi connectivity index (χ3n) is 4.75. The highest BCUT2D eigenvalue weighted by Crippen LogP contribution is 2.27. The van der Waals surface area contributed by atoms with Crippen molar-refractivity contribution >= 4 is 52.1 Å². The molecule has 0 spiro atoms. The van der Waals surface area contributed by atoms with Gasteiger partial charge in [0, 0.05) is 26.8 Å². The zero-order chi connectivity index (χ0) is 20.4. The number of ether oxygens (including phenoxy) is 1. The van der Waals surface area contributed by atoms with Crippen molar-refractivity contribution in [3.8, 4) is 0 Å². The highest BCUT2D eigenvalue weighted by molar-refractivity contribution is 14.1. The van der Waals surface area contributed by atoms with Gasteiger partial charge in [-0.3, -0.25) is 4.79 Å². The Morgan fingerprint density at radius 2 is 1.83 bits per heavy atom. The van der Waals surface area contributed by atoms with Gasteiger partial charge in [0.15, 0.2) is 17.5 Å². The molecule has 0 amide bonds. The highest BCUT2D eigenvalue weighted by atomic mass is 127. The van der Waals surface area contributed by atoms with Crippen molar-refractivity contribution in [2.45, 2.75) is 13.0 Å². The lowest BCUT2D eigenvalue weighted by molar-refractivity contribution is -0.413. The van der Waals surface area contributed by atoms with Crippen LogP contribution in [0.2, 0.25) is 0 Å². The van der Waals surface area contributed by atoms with Crippen molar-refractivity contribution in [3.63, 3.8) is 0 Å². The SMILES string of the molecule is CCOC(=O)C1=CC(C(=O)c2ccc(I)cc2)=[N+]2C=NC(c3ccccc3)=CC12. The molecule has 0 aliphatic carbocycles. The van der Waals surface area contributed by atoms with Gasteiger partial charge >= 0.3 is 5.97 Å². The molecule has 2 heterocycles. The number of hydrogen-bond acceptors (Lipinski definition) is 4. The second-order valence-electron chi connectivity index (χ2n) is 6.56. The summed E-state index contributed by atoms with van der Waals surface area (Å²) in [6, 6.07) is 16.6. The number of nitrogens with zero attached hydrogens (tertiary/aromatic N) is 2. The molecule has 4 rings (SSSR count). The van der Waals surface area contributed by atoms with E-state index in [0.29, 0.717) is 16.8 Å². The molecule has 0 N–H and O–H groups in total. The number of benzene rings is 2. The lowest BCUT2D eigenvalue weighted by atomic mass is 10.0. The Labute approximate surface area is 182 Å². The number of Topliss-reactive ketones (excluding diaryl/α,β-unsaturated/α-hetero) is 1. The third kappa shape index (κ3) is 3.85. The molecule has 2 aliphatic heterocycles. The Balaban J connectivity index is 1.76. The van der Waals surface area contributed by atoms with E-state index in [-0.39, 0.29) is 12.4 Å². The fourth-order valence-corrected chi connectivity index (χ4v) is 3.69. The van der Waals surface area contributed by atoms with Gasteiger partial charge in [0.05, 0.1) is 12.2 Å². The van der Waals surface area contributed by atoms with Crippen molar-refractivity contribution in [2.75, 3.05) is 6.61 Å². The van der Waals surface area contributed by atoms with E-state index in [1.165, 1.54) is 0 Å². The van der Waals surface area contributed by atoms with E-state index in [9.17, 15) is 9.59 Å². The van der Waals surface area contributed by atoms with E-state index >= 15 is 0 Å². The van der Waals surface area contributed by atoms with Crippen LogP contribution < -0.4 is 0 Å². The van der Waals surface area contributed by atoms with E-state index in [4.69, 9.17) is 4.74 Å². The summed E-state index contributed by atoms with van der Waals surface area (Å²) in [5.41, 5.74) is 3.10. The lowest BCUT2D eigenvalue weighted by Crippen LogP contribution is -2.32. The minimum atomic E-state index is -0.426. The molecule has 29 heavy (non-hydrogen) atoms. The fraction of sp³-hybridized carbons (Fsp3) is 0.130. The van der Waals surface area contributed by atoms with Crippen molar-refractivity contribution < 1.29 is 18.9 Å². The van der Waals surface area contributed by atoms with Gasteiger partial charge in [-0.15, -0.1) is 0 Å². The molecule has 0 radical (unpaired) electrons. The van der Waals surface area contributed by atoms with Gasteiger partial charge < -0.3 is 4.74 Å². The van der Waals surface area contributed by atoms with Crippen LogP contribution in [0.15, 0.2) is 77.3 Å². The third-order valence-corrected chi connectivity index (χ3v) is 5.46. The van der Waals surface area contributed by atoms with Crippen LogP contribution in [0.5, 0.6) is 0 Å². The molecule has 144 valence electrons. The number of allylic oxidation sites excluding steroid dienone is 1. The maximum atomic E-state index is 13.1. The second kappa shape index (κ2) is 8.24. The number of rotatable bonds is 5. The molecule has 5 nitrogen and oxygen atoms in total. The minimum absolute atomic E-state index is 0.159. The summed E-state index contributed by atoms with van der Waals surface area (Å²) in [6.45, 7) is 2.03. The van der Waals surface area contributed by atoms with Gasteiger partial charge in [0.25, 0.3) is 6.34 Å². The Bertz CT molecular complexity index is 1100. The Kier molecular flexibility index (Phi) is 5.53. The standard InChI is InChI=1S/C23H18IN2O3/c1-2-29-23(28)18-12-21(22(27)16-8-10-17(24)11-9-16)26-14-25-19(13-20(18)26)15-6-4-3-5-7-15/h3-14,20H,2H2,1H3/q+1. The van der Waals surface area contributed by atoms with Gasteiger partial charge in [-0.1, -0.05) is 30.3 Å². The summed E-state index contributed by atoms with van der Waals surface area (Å²) in [6.07, 6.45) is 5.14. The number of ketones is 1. The largest absolute Gasteiger partial charge is 0.462 e. The summed E-state index contributed by atoms with van der Waals surface area (Å²) in [4.78, 5) is 30.2. The monoisotopic (exact) mass is 497 g/mol. The molecular formula is C23H18IN2O3+. The molecule has 1 unspecified atom stereocenters. The van der Waals surface area contributed by atoms with Gasteiger partial charge in [-0.2, -0.15) is 0 Å². The average Bonchev–Trinajstić information content (AvgIpc) is 3.13. The van der Waals surface area contributed by atoms with Crippen molar-refractivity contribution in [3.05, 3.63) is 87.0 Å². The van der Waals surface area contributed by atoms with Crippen LogP contribution >= 0.6 is 22.6 Å². The summed E-state index contributed by atoms with van der Waals surface area (Å²) in [5, 5.41) is 0. The number of aliphatic imine (C=N–C) groups is 1. The zero-order valence-corrected chi connectivity index (χ0v) is 17.9. The van der Waals surface area contributed by atoms with Gasteiger partial charge in [-0.25, -0.2) is 9.37 Å². The number of fused-ring (bicyclic) bond motifs is 1. The molecule has 2 aliphatic rings. The molecular weight excluding hydrogens is 479 g/mol. The van der Waals surface area contributed by atoms with Crippen LogP contribution in [0.1, 0.15) is 22.8 Å². The molecule has 0 aromatic heterocycles. The zero-order valence-electron chi connectivity index (χ0n) is 15.7. The maximum absolute atomic E-state index is 13.1. The van der Waals surface area contributed by atoms with Crippen molar-refractivity contribution in [1.29, 1.82) is 0 Å². The number of carbonyl (C=O) groups is 2. The van der Waals surface area contributed by atoms with E-state index in [1.54, 1.807) is 36.0 Å². The van der Waals surface area contributed by atoms with E-state index in [0.717, 1.165) is 14.8 Å². The van der Waals surface area contributed by atoms with E-state index in [2.05, 4.69) is 27.6 Å². The van der Waals surface area contributed by atoms with Gasteiger partial charge in [0.1, 0.15) is 0 Å². The first kappa shape index (κ1) is 19.4. The predicted molar refractivity (Wildman–Crippen MR) is 120 cm³/mol. The summed E-state index contributed by atoms with van der Waals surface area (Å²) in [7, 11) is 0. The number of halogens is 1. The normalized spacial score (nSPS) is 17.5. The van der Waals surface area contributed by atoms with Crippen LogP contribution in [-0.4, -0.2) is 41.0 Å². The number of hydrogen-bond donors (Lipinski definition) is 0. The summed E-state index contributed by atoms with van der Waals surface area (Å²) < 4.78 is 8.01. The Morgan fingerprint density at radius 3 is 2.52 bits per heavy atom. The first-order valence-electron chi connectivity index (χ1n) is 9.24. The smallest absolute Gasteiger partial charge is 0.338 e. The minimum Gasteiger partial charge on any atom is -0.462 e. The molecule has 2 aromatic carbocycles. The number of esters is 1. The van der Waals surface area contributed by atoms with Crippen LogP contribution in [0.4, 0.5) is 0 Å². The van der Waals surface area contributed by atoms with Crippen LogP contribution in [0.3, 0.4) is 0 Å². The van der Waals surface area contributed by atoms with Crippen LogP contribution in [0.25, 0.3) is 5.70 Å². The highest BCUT2D eigenvalue weighted by Gasteiger charge is 2.40. The van der Waals surface area contributed by atoms with Gasteiger partial charge in [-0.05, 0) is 58.8 Å². The molecule has 0 saturated heterocycles. The Hall–Kier alpha value is -2.87. The van der Waals surface area contributed by atoms with E-state index < -0.39 is 12.0 Å². The molecule has 6 heteroatoms. The second-order valence-corrected chi connectivity index (χ2v) is 7.80. The number of carbonyl (C=O) groups excluding carboxylic acids is 2. The maximum Gasteiger partial charge on any atom is 0.338 e. The molecule has 0 fully saturated rings. The molecule has 2 aromatic rings. The predicted octanol–water partition coefficient (Wildman–Crippen LogP) is 3.88. The molecule has 0 saturated carbocycles. The van der Waals surface area contributed by atoms with Gasteiger partial charge in [0.2, 0.25) is 5.78 Å². The first-order valence-corrected chi connectivity index (χ1v) is 10.3. The Morgan fingerprint density at radius 1 is 1.10 bits per heavy atom. The van der Waals surface area contributed by atoms with Crippen LogP contribution in [0, 0.1) is 3.57 Å². The van der Waals surface area contributed by atoms with Crippen molar-refractivity contribution in [1.82, 2.24) is 0 Å². The molecule has 1 atom stereocenters. The fourth-order valence-electron chi connectivity index (χ4n) is 3.33. The summed E-state index contributed by atoms with van der Waals surface area (Å²) >= 11 is 2.20. The average molecular weight is 497 g/mol. The topological polar surface area (TPSA) is 58.7 Å². The quantitative estimate of drug-likeness (QED) is 0.273. The first-order chi connectivity index (χ1) is 14.1. The van der Waals surface area contributed by atoms with Crippen LogP contribution in [-0.2, 0) is 9.53 Å².